The molecular formula is C42H26F3N5. The number of aromatic nitrogens is 4. The van der Waals surface area contributed by atoms with E-state index in [0.29, 0.717) is 50.9 Å². The molecule has 0 atom stereocenters. The van der Waals surface area contributed by atoms with Crippen molar-refractivity contribution in [2.45, 2.75) is 13.1 Å². The van der Waals surface area contributed by atoms with Crippen molar-refractivity contribution in [3.63, 3.8) is 0 Å². The Morgan fingerprint density at radius 2 is 1.16 bits per heavy atom. The number of nitrogens with zero attached hydrogens (tertiary/aromatic N) is 5. The van der Waals surface area contributed by atoms with Gasteiger partial charge in [-0.25, -0.2) is 15.0 Å². The molecule has 0 aliphatic rings. The molecule has 8 heteroatoms. The van der Waals surface area contributed by atoms with Gasteiger partial charge in [-0.2, -0.15) is 18.4 Å². The van der Waals surface area contributed by atoms with E-state index in [-0.39, 0.29) is 5.56 Å². The van der Waals surface area contributed by atoms with E-state index in [9.17, 15) is 18.4 Å². The standard InChI is InChI=1S/C42H26F3N5/c1-26-16-19-31(35(22-26)42(43,44)45)30-18-21-33-32-14-8-9-15-36(32)50(38(33)24-30)37-23-27(25-46)17-20-34(37)41-48-39(28-10-4-2-5-11-28)47-40(49-41)29-12-6-3-7-13-29/h2-24H,1H3. The molecule has 0 fully saturated rings. The number of halogens is 3. The summed E-state index contributed by atoms with van der Waals surface area (Å²) in [6.45, 7) is 1.65. The highest BCUT2D eigenvalue weighted by molar-refractivity contribution is 6.10. The van der Waals surface area contributed by atoms with Crippen LogP contribution in [0, 0.1) is 18.3 Å². The van der Waals surface area contributed by atoms with Gasteiger partial charge in [0.1, 0.15) is 0 Å². The Balaban J connectivity index is 1.43. The molecule has 0 N–H and O–H groups in total. The largest absolute Gasteiger partial charge is 0.417 e. The van der Waals surface area contributed by atoms with Crippen molar-refractivity contribution in [2.24, 2.45) is 0 Å². The monoisotopic (exact) mass is 657 g/mol. The van der Waals surface area contributed by atoms with E-state index in [1.165, 1.54) is 12.1 Å². The summed E-state index contributed by atoms with van der Waals surface area (Å²) in [6.07, 6.45) is -4.54. The molecule has 2 aromatic heterocycles. The van der Waals surface area contributed by atoms with Gasteiger partial charge in [0, 0.05) is 27.5 Å². The number of hydrogen-bond donors (Lipinski definition) is 0. The number of para-hydroxylation sites is 1. The quantitative estimate of drug-likeness (QED) is 0.185. The van der Waals surface area contributed by atoms with Crippen LogP contribution in [-0.2, 0) is 6.18 Å². The van der Waals surface area contributed by atoms with Gasteiger partial charge in [0.2, 0.25) is 0 Å². The molecule has 0 radical (unpaired) electrons. The Hall–Kier alpha value is -6.59. The van der Waals surface area contributed by atoms with E-state index >= 15 is 0 Å². The molecule has 0 spiro atoms. The SMILES string of the molecule is Cc1ccc(-c2ccc3c4ccccc4n(-c4cc(C#N)ccc4-c4nc(-c5ccccc5)nc(-c5ccccc5)n4)c3c2)c(C(F)(F)F)c1. The summed E-state index contributed by atoms with van der Waals surface area (Å²) in [5, 5.41) is 11.8. The highest BCUT2D eigenvalue weighted by Gasteiger charge is 2.34. The molecule has 0 saturated carbocycles. The summed E-state index contributed by atoms with van der Waals surface area (Å²) < 4.78 is 44.9. The first-order chi connectivity index (χ1) is 24.3. The number of aryl methyl sites for hydroxylation is 1. The van der Waals surface area contributed by atoms with Crippen LogP contribution in [0.1, 0.15) is 16.7 Å². The Labute approximate surface area is 285 Å². The van der Waals surface area contributed by atoms with E-state index in [4.69, 9.17) is 15.0 Å². The van der Waals surface area contributed by atoms with Crippen molar-refractivity contribution < 1.29 is 13.2 Å². The third-order valence-electron chi connectivity index (χ3n) is 8.77. The molecule has 8 aromatic rings. The molecule has 2 heterocycles. The minimum absolute atomic E-state index is 0.0882. The average molecular weight is 658 g/mol. The van der Waals surface area contributed by atoms with Crippen LogP contribution in [0.25, 0.3) is 72.8 Å². The Bertz CT molecular complexity index is 2540. The second-order valence-electron chi connectivity index (χ2n) is 12.0. The molecule has 0 bridgehead atoms. The second kappa shape index (κ2) is 12.1. The molecule has 0 aliphatic carbocycles. The Morgan fingerprint density at radius 1 is 0.560 bits per heavy atom. The number of rotatable bonds is 5. The summed E-state index contributed by atoms with van der Waals surface area (Å²) in [6, 6.07) is 44.4. The smallest absolute Gasteiger partial charge is 0.308 e. The summed E-state index contributed by atoms with van der Waals surface area (Å²) in [5.74, 6) is 1.35. The third-order valence-corrected chi connectivity index (χ3v) is 8.77. The third kappa shape index (κ3) is 5.45. The zero-order chi connectivity index (χ0) is 34.4. The fraction of sp³-hybridized carbons (Fsp3) is 0.0476. The maximum atomic E-state index is 14.3. The van der Waals surface area contributed by atoms with Gasteiger partial charge in [0.25, 0.3) is 0 Å². The number of alkyl halides is 3. The number of fused-ring (bicyclic) bond motifs is 3. The molecular weight excluding hydrogens is 631 g/mol. The topological polar surface area (TPSA) is 67.4 Å². The van der Waals surface area contributed by atoms with Crippen LogP contribution in [-0.4, -0.2) is 19.5 Å². The lowest BCUT2D eigenvalue weighted by atomic mass is 9.96. The normalized spacial score (nSPS) is 11.6. The maximum absolute atomic E-state index is 14.3. The molecule has 0 unspecified atom stereocenters. The number of benzene rings is 6. The molecule has 240 valence electrons. The van der Waals surface area contributed by atoms with Gasteiger partial charge in [0.15, 0.2) is 17.5 Å². The lowest BCUT2D eigenvalue weighted by Crippen LogP contribution is -2.07. The summed E-state index contributed by atoms with van der Waals surface area (Å²) in [4.78, 5) is 14.7. The van der Waals surface area contributed by atoms with Crippen LogP contribution in [0.3, 0.4) is 0 Å². The van der Waals surface area contributed by atoms with Crippen molar-refractivity contribution in [1.82, 2.24) is 19.5 Å². The van der Waals surface area contributed by atoms with E-state index in [0.717, 1.165) is 27.4 Å². The minimum Gasteiger partial charge on any atom is -0.308 e. The lowest BCUT2D eigenvalue weighted by Gasteiger charge is -2.16. The van der Waals surface area contributed by atoms with Crippen LogP contribution in [0.5, 0.6) is 0 Å². The first kappa shape index (κ1) is 30.7. The molecule has 50 heavy (non-hydrogen) atoms. The molecule has 8 rings (SSSR count). The first-order valence-electron chi connectivity index (χ1n) is 15.9. The first-order valence-corrected chi connectivity index (χ1v) is 15.9. The number of nitriles is 1. The van der Waals surface area contributed by atoms with Crippen molar-refractivity contribution in [3.8, 4) is 57.0 Å². The van der Waals surface area contributed by atoms with Gasteiger partial charge in [-0.15, -0.1) is 0 Å². The van der Waals surface area contributed by atoms with E-state index in [1.54, 1.807) is 37.3 Å². The molecule has 0 aliphatic heterocycles. The van der Waals surface area contributed by atoms with Crippen LogP contribution in [0.4, 0.5) is 13.2 Å². The predicted octanol–water partition coefficient (Wildman–Crippen LogP) is 10.8. The fourth-order valence-corrected chi connectivity index (χ4v) is 6.45. The maximum Gasteiger partial charge on any atom is 0.417 e. The molecule has 6 aromatic carbocycles. The van der Waals surface area contributed by atoms with Crippen molar-refractivity contribution in [3.05, 3.63) is 156 Å². The lowest BCUT2D eigenvalue weighted by molar-refractivity contribution is -0.137. The van der Waals surface area contributed by atoms with E-state index < -0.39 is 11.7 Å². The van der Waals surface area contributed by atoms with Crippen LogP contribution >= 0.6 is 0 Å². The van der Waals surface area contributed by atoms with Crippen molar-refractivity contribution >= 4 is 21.8 Å². The van der Waals surface area contributed by atoms with Crippen LogP contribution < -0.4 is 0 Å². The minimum atomic E-state index is -4.54. The van der Waals surface area contributed by atoms with Gasteiger partial charge < -0.3 is 4.57 Å². The summed E-state index contributed by atoms with van der Waals surface area (Å²) >= 11 is 0. The van der Waals surface area contributed by atoms with Crippen LogP contribution in [0.15, 0.2) is 140 Å². The van der Waals surface area contributed by atoms with Gasteiger partial charge in [-0.1, -0.05) is 109 Å². The molecule has 0 amide bonds. The highest BCUT2D eigenvalue weighted by atomic mass is 19.4. The fourth-order valence-electron chi connectivity index (χ4n) is 6.45. The summed E-state index contributed by atoms with van der Waals surface area (Å²) in [5.41, 5.74) is 5.09. The molecule has 5 nitrogen and oxygen atoms in total. The Kier molecular flexibility index (Phi) is 7.46. The predicted molar refractivity (Wildman–Crippen MR) is 190 cm³/mol. The van der Waals surface area contributed by atoms with Gasteiger partial charge in [-0.05, 0) is 54.4 Å². The zero-order valence-corrected chi connectivity index (χ0v) is 26.6. The van der Waals surface area contributed by atoms with Gasteiger partial charge >= 0.3 is 6.18 Å². The van der Waals surface area contributed by atoms with Crippen LogP contribution in [0.2, 0.25) is 0 Å². The highest BCUT2D eigenvalue weighted by Crippen LogP contribution is 2.41. The van der Waals surface area contributed by atoms with Gasteiger partial charge in [-0.3, -0.25) is 0 Å². The second-order valence-corrected chi connectivity index (χ2v) is 12.0. The van der Waals surface area contributed by atoms with E-state index in [2.05, 4.69) is 6.07 Å². The molecule has 0 saturated heterocycles. The van der Waals surface area contributed by atoms with E-state index in [1.807, 2.05) is 102 Å². The summed E-state index contributed by atoms with van der Waals surface area (Å²) in [7, 11) is 0. The van der Waals surface area contributed by atoms with Crippen molar-refractivity contribution in [2.75, 3.05) is 0 Å². The average Bonchev–Trinajstić information content (AvgIpc) is 3.48. The Morgan fingerprint density at radius 3 is 1.82 bits per heavy atom. The number of hydrogen-bond acceptors (Lipinski definition) is 4. The van der Waals surface area contributed by atoms with Gasteiger partial charge in [0.05, 0.1) is 33.9 Å². The van der Waals surface area contributed by atoms with Crippen molar-refractivity contribution in [1.29, 1.82) is 5.26 Å². The zero-order valence-electron chi connectivity index (χ0n) is 26.6.